The van der Waals surface area contributed by atoms with E-state index in [1.165, 1.54) is 6.07 Å². The lowest BCUT2D eigenvalue weighted by molar-refractivity contribution is -0.137. The van der Waals surface area contributed by atoms with E-state index in [2.05, 4.69) is 0 Å². The van der Waals surface area contributed by atoms with Crippen molar-refractivity contribution >= 4 is 11.6 Å². The number of halogens is 4. The second kappa shape index (κ2) is 4.38. The first kappa shape index (κ1) is 12.3. The zero-order valence-corrected chi connectivity index (χ0v) is 8.31. The van der Waals surface area contributed by atoms with Gasteiger partial charge in [0.05, 0.1) is 16.7 Å². The molecule has 0 aliphatic heterocycles. The Bertz CT molecular complexity index is 354. The molecule has 0 fully saturated rings. The Labute approximate surface area is 89.5 Å². The molecule has 0 bridgehead atoms. The standard InChI is InChI=1S/C9H9ClF3NO/c10-7-2-1-5(8(15)4-14)3-6(7)9(11,12)13/h1-3,8,15H,4,14H2/t8-/m1/s1. The molecular formula is C9H9ClF3NO. The Hall–Kier alpha value is -0.780. The molecule has 2 nitrogen and oxygen atoms in total. The highest BCUT2D eigenvalue weighted by Crippen LogP contribution is 2.35. The fourth-order valence-corrected chi connectivity index (χ4v) is 1.33. The Morgan fingerprint density at radius 1 is 1.40 bits per heavy atom. The molecule has 15 heavy (non-hydrogen) atoms. The van der Waals surface area contributed by atoms with Gasteiger partial charge in [-0.05, 0) is 17.7 Å². The van der Waals surface area contributed by atoms with E-state index in [1.54, 1.807) is 0 Å². The first-order chi connectivity index (χ1) is 6.86. The number of aliphatic hydroxyl groups excluding tert-OH is 1. The highest BCUT2D eigenvalue weighted by atomic mass is 35.5. The molecule has 1 aromatic carbocycles. The summed E-state index contributed by atoms with van der Waals surface area (Å²) in [5.74, 6) is 0. The van der Waals surface area contributed by atoms with Gasteiger partial charge in [-0.1, -0.05) is 17.7 Å². The topological polar surface area (TPSA) is 46.2 Å². The Morgan fingerprint density at radius 3 is 2.47 bits per heavy atom. The molecule has 6 heteroatoms. The van der Waals surface area contributed by atoms with Crippen molar-refractivity contribution in [1.82, 2.24) is 0 Å². The van der Waals surface area contributed by atoms with E-state index in [0.29, 0.717) is 0 Å². The molecule has 0 aliphatic rings. The van der Waals surface area contributed by atoms with Gasteiger partial charge in [-0.3, -0.25) is 0 Å². The number of hydrogen-bond donors (Lipinski definition) is 2. The van der Waals surface area contributed by atoms with Crippen molar-refractivity contribution < 1.29 is 18.3 Å². The minimum Gasteiger partial charge on any atom is -0.387 e. The summed E-state index contributed by atoms with van der Waals surface area (Å²) in [6, 6.07) is 3.22. The lowest BCUT2D eigenvalue weighted by Crippen LogP contribution is -2.13. The summed E-state index contributed by atoms with van der Waals surface area (Å²) in [7, 11) is 0. The van der Waals surface area contributed by atoms with Gasteiger partial charge in [-0.25, -0.2) is 0 Å². The molecule has 1 aromatic rings. The second-order valence-corrected chi connectivity index (χ2v) is 3.40. The fourth-order valence-electron chi connectivity index (χ4n) is 1.10. The van der Waals surface area contributed by atoms with Gasteiger partial charge in [0.2, 0.25) is 0 Å². The highest BCUT2D eigenvalue weighted by Gasteiger charge is 2.33. The predicted octanol–water partition coefficient (Wildman–Crippen LogP) is 2.35. The van der Waals surface area contributed by atoms with Gasteiger partial charge in [-0.2, -0.15) is 13.2 Å². The lowest BCUT2D eigenvalue weighted by Gasteiger charge is -2.13. The first-order valence-corrected chi connectivity index (χ1v) is 4.49. The van der Waals surface area contributed by atoms with Crippen LogP contribution < -0.4 is 5.73 Å². The first-order valence-electron chi connectivity index (χ1n) is 4.11. The second-order valence-electron chi connectivity index (χ2n) is 2.99. The Kier molecular flexibility index (Phi) is 3.59. The summed E-state index contributed by atoms with van der Waals surface area (Å²) in [5, 5.41) is 8.88. The molecule has 84 valence electrons. The number of alkyl halides is 3. The van der Waals surface area contributed by atoms with Crippen LogP contribution in [0.5, 0.6) is 0 Å². The summed E-state index contributed by atoms with van der Waals surface area (Å²) in [4.78, 5) is 0. The maximum atomic E-state index is 12.4. The number of rotatable bonds is 2. The summed E-state index contributed by atoms with van der Waals surface area (Å²) >= 11 is 5.40. The Balaban J connectivity index is 3.17. The van der Waals surface area contributed by atoms with Crippen LogP contribution in [0.4, 0.5) is 13.2 Å². The van der Waals surface area contributed by atoms with Crippen LogP contribution in [0.3, 0.4) is 0 Å². The van der Waals surface area contributed by atoms with Crippen molar-refractivity contribution in [1.29, 1.82) is 0 Å². The molecule has 0 heterocycles. The molecule has 1 rings (SSSR count). The molecule has 3 N–H and O–H groups in total. The molecule has 0 saturated carbocycles. The normalized spacial score (nSPS) is 14.0. The largest absolute Gasteiger partial charge is 0.417 e. The van der Waals surface area contributed by atoms with Crippen LogP contribution in [-0.4, -0.2) is 11.7 Å². The molecule has 0 radical (unpaired) electrons. The maximum Gasteiger partial charge on any atom is 0.417 e. The molecule has 1 atom stereocenters. The Morgan fingerprint density at radius 2 is 2.00 bits per heavy atom. The van der Waals surface area contributed by atoms with Crippen molar-refractivity contribution in [3.8, 4) is 0 Å². The van der Waals surface area contributed by atoms with Crippen LogP contribution in [0.1, 0.15) is 17.2 Å². The zero-order chi connectivity index (χ0) is 11.6. The number of hydrogen-bond acceptors (Lipinski definition) is 2. The van der Waals surface area contributed by atoms with E-state index in [-0.39, 0.29) is 12.1 Å². The van der Waals surface area contributed by atoms with Gasteiger partial charge in [0.1, 0.15) is 0 Å². The number of benzene rings is 1. The van der Waals surface area contributed by atoms with Gasteiger partial charge in [0.25, 0.3) is 0 Å². The van der Waals surface area contributed by atoms with Gasteiger partial charge >= 0.3 is 6.18 Å². The average Bonchev–Trinajstić information content (AvgIpc) is 2.15. The minimum atomic E-state index is -4.53. The SMILES string of the molecule is NC[C@@H](O)c1ccc(Cl)c(C(F)(F)F)c1. The molecule has 0 saturated heterocycles. The number of nitrogens with two attached hydrogens (primary N) is 1. The van der Waals surface area contributed by atoms with E-state index in [1.807, 2.05) is 0 Å². The zero-order valence-electron chi connectivity index (χ0n) is 7.55. The van der Waals surface area contributed by atoms with Crippen molar-refractivity contribution in [2.75, 3.05) is 6.54 Å². The van der Waals surface area contributed by atoms with Crippen LogP contribution >= 0.6 is 11.6 Å². The third-order valence-electron chi connectivity index (χ3n) is 1.90. The highest BCUT2D eigenvalue weighted by molar-refractivity contribution is 6.31. The minimum absolute atomic E-state index is 0.106. The summed E-state index contributed by atoms with van der Waals surface area (Å²) in [6.07, 6.45) is -5.63. The van der Waals surface area contributed by atoms with Gasteiger partial charge in [0.15, 0.2) is 0 Å². The predicted molar refractivity (Wildman–Crippen MR) is 50.5 cm³/mol. The van der Waals surface area contributed by atoms with Gasteiger partial charge in [0, 0.05) is 6.54 Å². The van der Waals surface area contributed by atoms with Crippen LogP contribution in [0.25, 0.3) is 0 Å². The summed E-state index contributed by atoms with van der Waals surface area (Å²) < 4.78 is 37.2. The lowest BCUT2D eigenvalue weighted by atomic mass is 10.1. The number of aliphatic hydroxyl groups is 1. The summed E-state index contributed by atoms with van der Waals surface area (Å²) in [5.41, 5.74) is 4.28. The van der Waals surface area contributed by atoms with Crippen molar-refractivity contribution in [3.05, 3.63) is 34.3 Å². The van der Waals surface area contributed by atoms with Crippen molar-refractivity contribution in [2.45, 2.75) is 12.3 Å². The smallest absolute Gasteiger partial charge is 0.387 e. The van der Waals surface area contributed by atoms with E-state index < -0.39 is 22.9 Å². The van der Waals surface area contributed by atoms with Crippen LogP contribution in [0, 0.1) is 0 Å². The van der Waals surface area contributed by atoms with Crippen molar-refractivity contribution in [2.24, 2.45) is 5.73 Å². The van der Waals surface area contributed by atoms with E-state index in [9.17, 15) is 18.3 Å². The molecule has 0 spiro atoms. The molecular weight excluding hydrogens is 231 g/mol. The van der Waals surface area contributed by atoms with E-state index in [0.717, 1.165) is 12.1 Å². The van der Waals surface area contributed by atoms with E-state index >= 15 is 0 Å². The van der Waals surface area contributed by atoms with Gasteiger partial charge < -0.3 is 10.8 Å². The third kappa shape index (κ3) is 2.84. The average molecular weight is 240 g/mol. The third-order valence-corrected chi connectivity index (χ3v) is 2.23. The van der Waals surface area contributed by atoms with Crippen LogP contribution in [0.2, 0.25) is 5.02 Å². The van der Waals surface area contributed by atoms with E-state index in [4.69, 9.17) is 17.3 Å². The molecule has 0 aliphatic carbocycles. The van der Waals surface area contributed by atoms with Crippen LogP contribution in [0.15, 0.2) is 18.2 Å². The monoisotopic (exact) mass is 239 g/mol. The van der Waals surface area contributed by atoms with Crippen molar-refractivity contribution in [3.63, 3.8) is 0 Å². The summed E-state index contributed by atoms with van der Waals surface area (Å²) in [6.45, 7) is -0.140. The fraction of sp³-hybridized carbons (Fsp3) is 0.333. The molecule has 0 amide bonds. The quantitative estimate of drug-likeness (QED) is 0.832. The molecule has 0 unspecified atom stereocenters. The molecule has 0 aromatic heterocycles. The van der Waals surface area contributed by atoms with Crippen LogP contribution in [-0.2, 0) is 6.18 Å². The van der Waals surface area contributed by atoms with Gasteiger partial charge in [-0.15, -0.1) is 0 Å². The maximum absolute atomic E-state index is 12.4.